The van der Waals surface area contributed by atoms with Gasteiger partial charge in [-0.3, -0.25) is 24.0 Å². The van der Waals surface area contributed by atoms with E-state index in [0.29, 0.717) is 51.4 Å². The van der Waals surface area contributed by atoms with Gasteiger partial charge in [-0.2, -0.15) is 0 Å². The van der Waals surface area contributed by atoms with Crippen LogP contribution in [0.3, 0.4) is 0 Å². The number of carboxylic acids is 2. The molecular formula is C20H31NO10. The molecule has 0 aromatic rings. The van der Waals surface area contributed by atoms with Gasteiger partial charge in [0.2, 0.25) is 5.90 Å². The van der Waals surface area contributed by atoms with E-state index in [-0.39, 0.29) is 44.4 Å². The average Bonchev–Trinajstić information content (AvgIpc) is 2.69. The normalized spacial score (nSPS) is 11.0. The zero-order chi connectivity index (χ0) is 23.5. The van der Waals surface area contributed by atoms with Gasteiger partial charge in [0.1, 0.15) is 0 Å². The molecule has 0 bridgehead atoms. The summed E-state index contributed by atoms with van der Waals surface area (Å²) < 4.78 is 9.47. The Kier molecular flexibility index (Phi) is 16.1. The topological polar surface area (TPSA) is 177 Å². The highest BCUT2D eigenvalue weighted by molar-refractivity contribution is 5.91. The number of carboxylic acid groups (broad SMARTS) is 2. The molecule has 0 rings (SSSR count). The van der Waals surface area contributed by atoms with Crippen LogP contribution in [0.25, 0.3) is 0 Å². The number of nitrogens with zero attached hydrogens (tertiary/aromatic N) is 1. The van der Waals surface area contributed by atoms with E-state index in [4.69, 9.17) is 20.2 Å². The quantitative estimate of drug-likeness (QED) is 0.0573. The molecule has 0 fully saturated rings. The summed E-state index contributed by atoms with van der Waals surface area (Å²) in [5, 5.41) is 28.7. The van der Waals surface area contributed by atoms with Gasteiger partial charge in [0.05, 0.1) is 6.42 Å². The molecule has 0 saturated heterocycles. The Balaban J connectivity index is 3.89. The van der Waals surface area contributed by atoms with E-state index in [0.717, 1.165) is 0 Å². The lowest BCUT2D eigenvalue weighted by Crippen LogP contribution is -2.17. The van der Waals surface area contributed by atoms with Gasteiger partial charge >= 0.3 is 29.8 Å². The predicted octanol–water partition coefficient (Wildman–Crippen LogP) is 3.02. The number of hydrogen-bond donors (Lipinski definition) is 3. The molecule has 0 unspecified atom stereocenters. The van der Waals surface area contributed by atoms with Gasteiger partial charge in [0.15, 0.2) is 0 Å². The minimum atomic E-state index is -0.866. The smallest absolute Gasteiger partial charge is 0.313 e. The maximum atomic E-state index is 11.7. The number of oxime groups is 1. The summed E-state index contributed by atoms with van der Waals surface area (Å²) in [6.45, 7) is 0. The molecule has 0 amide bonds. The molecule has 0 atom stereocenters. The van der Waals surface area contributed by atoms with Gasteiger partial charge in [0.25, 0.3) is 0 Å². The van der Waals surface area contributed by atoms with Crippen LogP contribution in [0, 0.1) is 0 Å². The van der Waals surface area contributed by atoms with E-state index in [2.05, 4.69) is 9.89 Å². The van der Waals surface area contributed by atoms with Crippen LogP contribution in [0.5, 0.6) is 0 Å². The first-order valence-electron chi connectivity index (χ1n) is 10.3. The third-order valence-electron chi connectivity index (χ3n) is 4.16. The molecule has 0 saturated carbocycles. The monoisotopic (exact) mass is 445 g/mol. The van der Waals surface area contributed by atoms with Crippen LogP contribution in [-0.4, -0.2) is 51.2 Å². The number of hydrogen-bond acceptors (Lipinski definition) is 9. The molecule has 0 aromatic carbocycles. The number of carbonyl (C=O) groups is 5. The third-order valence-corrected chi connectivity index (χ3v) is 4.16. The fraction of sp³-hybridized carbons (Fsp3) is 0.700. The Labute approximate surface area is 180 Å². The first-order chi connectivity index (χ1) is 14.7. The molecule has 176 valence electrons. The molecule has 11 heteroatoms. The standard InChI is InChI=1S/C20H31NO10/c22-16(23)9-5-1-3-7-11-18(26)30-15(21-29)13-14-20(28)31-19(27)12-8-4-2-6-10-17(24)25/h29H,1-14H2,(H,22,23)(H,24,25)/b21-15-. The van der Waals surface area contributed by atoms with E-state index >= 15 is 0 Å². The second kappa shape index (κ2) is 17.8. The van der Waals surface area contributed by atoms with Crippen LogP contribution in [0.1, 0.15) is 89.9 Å². The Hall–Kier alpha value is -2.98. The summed E-state index contributed by atoms with van der Waals surface area (Å²) >= 11 is 0. The third kappa shape index (κ3) is 18.8. The highest BCUT2D eigenvalue weighted by Crippen LogP contribution is 2.09. The number of carbonyl (C=O) groups excluding carboxylic acids is 3. The molecule has 0 radical (unpaired) electrons. The van der Waals surface area contributed by atoms with Crippen molar-refractivity contribution in [1.82, 2.24) is 0 Å². The van der Waals surface area contributed by atoms with Crippen molar-refractivity contribution in [3.05, 3.63) is 0 Å². The number of ether oxygens (including phenoxy) is 2. The van der Waals surface area contributed by atoms with Crippen molar-refractivity contribution in [3.8, 4) is 0 Å². The molecule has 0 aromatic heterocycles. The summed E-state index contributed by atoms with van der Waals surface area (Å²) in [5.41, 5.74) is 0. The Morgan fingerprint density at radius 3 is 1.32 bits per heavy atom. The average molecular weight is 445 g/mol. The highest BCUT2D eigenvalue weighted by Gasteiger charge is 2.15. The van der Waals surface area contributed by atoms with Crippen LogP contribution in [0.2, 0.25) is 0 Å². The van der Waals surface area contributed by atoms with Crippen molar-refractivity contribution in [2.24, 2.45) is 5.16 Å². The number of rotatable bonds is 17. The van der Waals surface area contributed by atoms with Crippen LogP contribution < -0.4 is 0 Å². The highest BCUT2D eigenvalue weighted by atomic mass is 16.6. The number of aliphatic carboxylic acids is 2. The van der Waals surface area contributed by atoms with Crippen LogP contribution in [0.15, 0.2) is 5.16 Å². The lowest BCUT2D eigenvalue weighted by molar-refractivity contribution is -0.160. The van der Waals surface area contributed by atoms with Crippen molar-refractivity contribution < 1.29 is 48.9 Å². The zero-order valence-corrected chi connectivity index (χ0v) is 17.5. The molecular weight excluding hydrogens is 414 g/mol. The van der Waals surface area contributed by atoms with Crippen molar-refractivity contribution in [2.75, 3.05) is 0 Å². The molecule has 0 aliphatic heterocycles. The molecule has 11 nitrogen and oxygen atoms in total. The van der Waals surface area contributed by atoms with Gasteiger partial charge in [-0.15, -0.1) is 0 Å². The van der Waals surface area contributed by atoms with Crippen molar-refractivity contribution in [3.63, 3.8) is 0 Å². The van der Waals surface area contributed by atoms with E-state index < -0.39 is 29.8 Å². The first-order valence-corrected chi connectivity index (χ1v) is 10.3. The fourth-order valence-electron chi connectivity index (χ4n) is 2.54. The molecule has 0 heterocycles. The van der Waals surface area contributed by atoms with Gasteiger partial charge in [-0.25, -0.2) is 0 Å². The molecule has 0 aliphatic carbocycles. The van der Waals surface area contributed by atoms with Crippen LogP contribution in [0.4, 0.5) is 0 Å². The Morgan fingerprint density at radius 1 is 0.516 bits per heavy atom. The Morgan fingerprint density at radius 2 is 0.903 bits per heavy atom. The summed E-state index contributed by atoms with van der Waals surface area (Å²) in [7, 11) is 0. The SMILES string of the molecule is O=C(O)CCCCCCC(=O)OC(=O)CC/C(=N/O)OC(=O)CCCCCCC(=O)O. The van der Waals surface area contributed by atoms with Crippen molar-refractivity contribution >= 4 is 35.7 Å². The second-order valence-corrected chi connectivity index (χ2v) is 6.93. The van der Waals surface area contributed by atoms with Crippen LogP contribution >= 0.6 is 0 Å². The van der Waals surface area contributed by atoms with E-state index in [1.54, 1.807) is 0 Å². The predicted molar refractivity (Wildman–Crippen MR) is 106 cm³/mol. The maximum Gasteiger partial charge on any atom is 0.313 e. The lowest BCUT2D eigenvalue weighted by atomic mass is 10.1. The minimum absolute atomic E-state index is 0.0290. The molecule has 0 aliphatic rings. The molecule has 3 N–H and O–H groups in total. The largest absolute Gasteiger partial charge is 0.481 e. The minimum Gasteiger partial charge on any atom is -0.481 e. The second-order valence-electron chi connectivity index (χ2n) is 6.93. The van der Waals surface area contributed by atoms with Gasteiger partial charge < -0.3 is 24.9 Å². The molecule has 31 heavy (non-hydrogen) atoms. The lowest BCUT2D eigenvalue weighted by Gasteiger charge is -2.06. The maximum absolute atomic E-state index is 11.7. The summed E-state index contributed by atoms with van der Waals surface area (Å²) in [6, 6.07) is 0. The summed E-state index contributed by atoms with van der Waals surface area (Å²) in [5.74, 6) is -4.28. The zero-order valence-electron chi connectivity index (χ0n) is 17.5. The van der Waals surface area contributed by atoms with E-state index in [1.165, 1.54) is 0 Å². The number of unbranched alkanes of at least 4 members (excludes halogenated alkanes) is 6. The molecule has 0 spiro atoms. The Bertz CT molecular complexity index is 629. The summed E-state index contributed by atoms with van der Waals surface area (Å²) in [6.07, 6.45) is 4.36. The fourth-order valence-corrected chi connectivity index (χ4v) is 2.54. The summed E-state index contributed by atoms with van der Waals surface area (Å²) in [4.78, 5) is 55.7. The van der Waals surface area contributed by atoms with E-state index in [9.17, 15) is 24.0 Å². The number of esters is 3. The van der Waals surface area contributed by atoms with Crippen molar-refractivity contribution in [1.29, 1.82) is 0 Å². The van der Waals surface area contributed by atoms with Gasteiger partial charge in [0, 0.05) is 32.1 Å². The van der Waals surface area contributed by atoms with E-state index in [1.807, 2.05) is 0 Å². The first kappa shape index (κ1) is 28.0. The van der Waals surface area contributed by atoms with Crippen molar-refractivity contribution in [2.45, 2.75) is 89.9 Å². The van der Waals surface area contributed by atoms with Gasteiger partial charge in [-0.1, -0.05) is 30.8 Å². The van der Waals surface area contributed by atoms with Gasteiger partial charge in [-0.05, 0) is 25.7 Å². The van der Waals surface area contributed by atoms with Crippen LogP contribution in [-0.2, 0) is 33.4 Å².